The molecule has 0 radical (unpaired) electrons. The lowest BCUT2D eigenvalue weighted by Gasteiger charge is -2.16. The second-order valence-electron chi connectivity index (χ2n) is 4.99. The van der Waals surface area contributed by atoms with Crippen LogP contribution in [0.15, 0.2) is 17.5 Å². The van der Waals surface area contributed by atoms with Crippen molar-refractivity contribution in [2.45, 2.75) is 12.8 Å². The molecule has 4 heteroatoms. The van der Waals surface area contributed by atoms with Crippen LogP contribution in [0.1, 0.15) is 11.3 Å². The van der Waals surface area contributed by atoms with Crippen molar-refractivity contribution in [2.24, 2.45) is 5.92 Å². The second-order valence-corrected chi connectivity index (χ2v) is 6.02. The van der Waals surface area contributed by atoms with Crippen molar-refractivity contribution in [2.75, 3.05) is 46.4 Å². The number of ether oxygens (including phenoxy) is 1. The summed E-state index contributed by atoms with van der Waals surface area (Å²) in [5.74, 6) is 0.751. The van der Waals surface area contributed by atoms with E-state index >= 15 is 0 Å². The Morgan fingerprint density at radius 1 is 1.50 bits per heavy atom. The molecule has 1 aliphatic heterocycles. The van der Waals surface area contributed by atoms with Gasteiger partial charge in [0.05, 0.1) is 6.61 Å². The average Bonchev–Trinajstić information content (AvgIpc) is 3.01. The van der Waals surface area contributed by atoms with Crippen molar-refractivity contribution in [1.82, 2.24) is 10.2 Å². The molecule has 1 aliphatic rings. The Hall–Kier alpha value is -0.420. The van der Waals surface area contributed by atoms with E-state index in [9.17, 15) is 0 Å². The lowest BCUT2D eigenvalue weighted by atomic mass is 10.1. The van der Waals surface area contributed by atoms with Gasteiger partial charge in [0.2, 0.25) is 0 Å². The predicted octanol–water partition coefficient (Wildman–Crippen LogP) is 1.85. The standard InChI is InChI=1S/C14H24N2OS/c1-17-12-13-5-8-16(11-13)9-7-15-6-4-14-3-2-10-18-14/h2-3,10,13,15H,4-9,11-12H2,1H3. The maximum absolute atomic E-state index is 5.22. The van der Waals surface area contributed by atoms with Gasteiger partial charge in [0, 0.05) is 38.2 Å². The first-order valence-corrected chi connectivity index (χ1v) is 7.71. The third-order valence-corrected chi connectivity index (χ3v) is 4.44. The first kappa shape index (κ1) is 14.0. The minimum absolute atomic E-state index is 0.751. The highest BCUT2D eigenvalue weighted by Crippen LogP contribution is 2.15. The fraction of sp³-hybridized carbons (Fsp3) is 0.714. The van der Waals surface area contributed by atoms with Gasteiger partial charge in [-0.2, -0.15) is 0 Å². The molecule has 0 spiro atoms. The fourth-order valence-electron chi connectivity index (χ4n) is 2.52. The number of nitrogens with zero attached hydrogens (tertiary/aromatic N) is 1. The minimum atomic E-state index is 0.751. The lowest BCUT2D eigenvalue weighted by molar-refractivity contribution is 0.153. The number of thiophene rings is 1. The summed E-state index contributed by atoms with van der Waals surface area (Å²) in [5.41, 5.74) is 0. The summed E-state index contributed by atoms with van der Waals surface area (Å²) >= 11 is 1.85. The number of hydrogen-bond acceptors (Lipinski definition) is 4. The Morgan fingerprint density at radius 3 is 3.22 bits per heavy atom. The highest BCUT2D eigenvalue weighted by Gasteiger charge is 2.21. The molecule has 1 unspecified atom stereocenters. The van der Waals surface area contributed by atoms with Gasteiger partial charge < -0.3 is 15.0 Å². The average molecular weight is 268 g/mol. The molecule has 3 nitrogen and oxygen atoms in total. The molecule has 1 aromatic heterocycles. The van der Waals surface area contributed by atoms with Crippen molar-refractivity contribution in [3.05, 3.63) is 22.4 Å². The van der Waals surface area contributed by atoms with Crippen LogP contribution in [0, 0.1) is 5.92 Å². The molecule has 0 bridgehead atoms. The van der Waals surface area contributed by atoms with Gasteiger partial charge >= 0.3 is 0 Å². The van der Waals surface area contributed by atoms with Crippen LogP contribution in [0.2, 0.25) is 0 Å². The zero-order valence-corrected chi connectivity index (χ0v) is 12.0. The summed E-state index contributed by atoms with van der Waals surface area (Å²) in [5, 5.41) is 5.68. The molecule has 1 aromatic rings. The van der Waals surface area contributed by atoms with Crippen LogP contribution in [0.3, 0.4) is 0 Å². The summed E-state index contributed by atoms with van der Waals surface area (Å²) in [6, 6.07) is 4.34. The van der Waals surface area contributed by atoms with E-state index in [1.165, 1.54) is 30.9 Å². The first-order valence-electron chi connectivity index (χ1n) is 6.83. The third-order valence-electron chi connectivity index (χ3n) is 3.51. The molecule has 2 heterocycles. The number of methoxy groups -OCH3 is 1. The van der Waals surface area contributed by atoms with Crippen LogP contribution in [0.5, 0.6) is 0 Å². The quantitative estimate of drug-likeness (QED) is 0.728. The summed E-state index contributed by atoms with van der Waals surface area (Å²) in [6.07, 6.45) is 2.45. The minimum Gasteiger partial charge on any atom is -0.384 e. The fourth-order valence-corrected chi connectivity index (χ4v) is 3.23. The third kappa shape index (κ3) is 4.69. The molecular weight excluding hydrogens is 244 g/mol. The van der Waals surface area contributed by atoms with Gasteiger partial charge in [-0.1, -0.05) is 6.07 Å². The Morgan fingerprint density at radius 2 is 2.44 bits per heavy atom. The van der Waals surface area contributed by atoms with Gasteiger partial charge in [-0.25, -0.2) is 0 Å². The molecule has 2 rings (SSSR count). The molecule has 0 amide bonds. The van der Waals surface area contributed by atoms with E-state index in [4.69, 9.17) is 4.74 Å². The Labute approximate surface area is 114 Å². The van der Waals surface area contributed by atoms with E-state index in [1.807, 2.05) is 11.3 Å². The summed E-state index contributed by atoms with van der Waals surface area (Å²) in [6.45, 7) is 6.73. The Balaban J connectivity index is 1.49. The van der Waals surface area contributed by atoms with Crippen molar-refractivity contribution in [3.63, 3.8) is 0 Å². The van der Waals surface area contributed by atoms with Crippen molar-refractivity contribution >= 4 is 11.3 Å². The molecule has 0 aliphatic carbocycles. The van der Waals surface area contributed by atoms with Crippen LogP contribution in [0.4, 0.5) is 0 Å². The van der Waals surface area contributed by atoms with Crippen molar-refractivity contribution in [1.29, 1.82) is 0 Å². The van der Waals surface area contributed by atoms with E-state index in [0.717, 1.165) is 32.0 Å². The molecular formula is C14H24N2OS. The zero-order chi connectivity index (χ0) is 12.6. The van der Waals surface area contributed by atoms with Gasteiger partial charge in [0.1, 0.15) is 0 Å². The van der Waals surface area contributed by atoms with E-state index in [-0.39, 0.29) is 0 Å². The SMILES string of the molecule is COCC1CCN(CCNCCc2cccs2)C1. The maximum Gasteiger partial charge on any atom is 0.0503 e. The van der Waals surface area contributed by atoms with Crippen molar-refractivity contribution in [3.8, 4) is 0 Å². The van der Waals surface area contributed by atoms with E-state index in [2.05, 4.69) is 27.7 Å². The number of likely N-dealkylation sites (tertiary alicyclic amines) is 1. The number of nitrogens with one attached hydrogen (secondary N) is 1. The zero-order valence-electron chi connectivity index (χ0n) is 11.2. The van der Waals surface area contributed by atoms with Crippen LogP contribution in [-0.4, -0.2) is 51.3 Å². The van der Waals surface area contributed by atoms with Gasteiger partial charge in [0.15, 0.2) is 0 Å². The number of hydrogen-bond donors (Lipinski definition) is 1. The van der Waals surface area contributed by atoms with Gasteiger partial charge in [-0.05, 0) is 36.8 Å². The summed E-state index contributed by atoms with van der Waals surface area (Å²) in [4.78, 5) is 4.02. The normalized spacial score (nSPS) is 20.6. The monoisotopic (exact) mass is 268 g/mol. The molecule has 1 atom stereocenters. The van der Waals surface area contributed by atoms with Crippen LogP contribution >= 0.6 is 11.3 Å². The molecule has 1 N–H and O–H groups in total. The molecule has 0 saturated carbocycles. The smallest absolute Gasteiger partial charge is 0.0503 e. The second kappa shape index (κ2) is 7.89. The highest BCUT2D eigenvalue weighted by molar-refractivity contribution is 7.09. The van der Waals surface area contributed by atoms with E-state index in [1.54, 1.807) is 7.11 Å². The summed E-state index contributed by atoms with van der Waals surface area (Å²) < 4.78 is 5.22. The Kier molecular flexibility index (Phi) is 6.14. The van der Waals surface area contributed by atoms with Crippen molar-refractivity contribution < 1.29 is 4.74 Å². The van der Waals surface area contributed by atoms with Crippen LogP contribution in [-0.2, 0) is 11.2 Å². The Bertz CT molecular complexity index is 316. The van der Waals surface area contributed by atoms with Gasteiger partial charge in [0.25, 0.3) is 0 Å². The molecule has 102 valence electrons. The van der Waals surface area contributed by atoms with E-state index < -0.39 is 0 Å². The predicted molar refractivity (Wildman–Crippen MR) is 77.3 cm³/mol. The molecule has 18 heavy (non-hydrogen) atoms. The topological polar surface area (TPSA) is 24.5 Å². The maximum atomic E-state index is 5.22. The van der Waals surface area contributed by atoms with Crippen LogP contribution < -0.4 is 5.32 Å². The largest absolute Gasteiger partial charge is 0.384 e. The molecule has 1 saturated heterocycles. The van der Waals surface area contributed by atoms with E-state index in [0.29, 0.717) is 0 Å². The first-order chi connectivity index (χ1) is 8.88. The van der Waals surface area contributed by atoms with Gasteiger partial charge in [-0.3, -0.25) is 0 Å². The molecule has 0 aromatic carbocycles. The lowest BCUT2D eigenvalue weighted by Crippen LogP contribution is -2.31. The highest BCUT2D eigenvalue weighted by atomic mass is 32.1. The van der Waals surface area contributed by atoms with Crippen LogP contribution in [0.25, 0.3) is 0 Å². The van der Waals surface area contributed by atoms with Gasteiger partial charge in [-0.15, -0.1) is 11.3 Å². The molecule has 1 fully saturated rings. The summed E-state index contributed by atoms with van der Waals surface area (Å²) in [7, 11) is 1.80. The number of rotatable bonds is 8.